The van der Waals surface area contributed by atoms with E-state index in [4.69, 9.17) is 13.9 Å². The Morgan fingerprint density at radius 2 is 1.82 bits per heavy atom. The van der Waals surface area contributed by atoms with Crippen molar-refractivity contribution in [1.29, 1.82) is 0 Å². The van der Waals surface area contributed by atoms with Crippen LogP contribution in [0.1, 0.15) is 33.4 Å². The molecule has 1 atom stereocenters. The zero-order chi connectivity index (χ0) is 24.8. The van der Waals surface area contributed by atoms with Crippen LogP contribution >= 0.6 is 0 Å². The first-order valence-corrected chi connectivity index (χ1v) is 9.99. The first-order chi connectivity index (χ1) is 16.2. The molecule has 1 heterocycles. The summed E-state index contributed by atoms with van der Waals surface area (Å²) in [6, 6.07) is 11.3. The summed E-state index contributed by atoms with van der Waals surface area (Å²) in [4.78, 5) is 47.8. The van der Waals surface area contributed by atoms with E-state index in [1.165, 1.54) is 50.6 Å². The summed E-state index contributed by atoms with van der Waals surface area (Å²) >= 11 is 0. The summed E-state index contributed by atoms with van der Waals surface area (Å²) in [7, 11) is 1.35. The van der Waals surface area contributed by atoms with Crippen LogP contribution in [-0.4, -0.2) is 35.9 Å². The fraction of sp³-hybridized carbons (Fsp3) is 0.174. The Morgan fingerprint density at radius 1 is 1.06 bits per heavy atom. The highest BCUT2D eigenvalue weighted by Gasteiger charge is 2.22. The maximum atomic E-state index is 12.6. The van der Waals surface area contributed by atoms with Crippen molar-refractivity contribution in [3.8, 4) is 5.75 Å². The summed E-state index contributed by atoms with van der Waals surface area (Å²) in [6.07, 6.45) is 0.129. The number of carbonyl (C=O) groups is 3. The Hall–Kier alpha value is -4.67. The third-order valence-electron chi connectivity index (χ3n) is 4.77. The van der Waals surface area contributed by atoms with Gasteiger partial charge in [-0.2, -0.15) is 0 Å². The third kappa shape index (κ3) is 5.57. The Bertz CT molecular complexity index is 1240. The maximum absolute atomic E-state index is 12.6. The number of ether oxygens (including phenoxy) is 2. The summed E-state index contributed by atoms with van der Waals surface area (Å²) in [5.74, 6) is -1.70. The van der Waals surface area contributed by atoms with Crippen molar-refractivity contribution >= 4 is 34.8 Å². The second kappa shape index (κ2) is 10.3. The van der Waals surface area contributed by atoms with Gasteiger partial charge >= 0.3 is 5.97 Å². The molecule has 3 rings (SSSR count). The molecule has 2 aromatic carbocycles. The van der Waals surface area contributed by atoms with Gasteiger partial charge in [0.1, 0.15) is 5.75 Å². The summed E-state index contributed by atoms with van der Waals surface area (Å²) in [5.41, 5.74) is 0.981. The summed E-state index contributed by atoms with van der Waals surface area (Å²) < 4.78 is 15.4. The van der Waals surface area contributed by atoms with Gasteiger partial charge in [-0.15, -0.1) is 0 Å². The van der Waals surface area contributed by atoms with E-state index in [1.54, 1.807) is 19.1 Å². The topological polar surface area (TPSA) is 150 Å². The van der Waals surface area contributed by atoms with Crippen LogP contribution < -0.4 is 15.4 Å². The van der Waals surface area contributed by atoms with E-state index >= 15 is 0 Å². The van der Waals surface area contributed by atoms with E-state index in [0.29, 0.717) is 11.3 Å². The number of hydrogen-bond donors (Lipinski definition) is 2. The monoisotopic (exact) mass is 467 g/mol. The molecule has 0 spiro atoms. The number of esters is 1. The molecule has 0 bridgehead atoms. The minimum Gasteiger partial charge on any atom is -0.495 e. The van der Waals surface area contributed by atoms with E-state index in [-0.39, 0.29) is 28.4 Å². The molecule has 2 amide bonds. The van der Waals surface area contributed by atoms with E-state index in [2.05, 4.69) is 10.6 Å². The van der Waals surface area contributed by atoms with Crippen LogP contribution in [0.5, 0.6) is 5.75 Å². The lowest BCUT2D eigenvalue weighted by atomic mass is 10.1. The van der Waals surface area contributed by atoms with Crippen molar-refractivity contribution in [1.82, 2.24) is 0 Å². The van der Waals surface area contributed by atoms with Gasteiger partial charge in [-0.1, -0.05) is 6.07 Å². The number of nitro groups is 1. The van der Waals surface area contributed by atoms with Crippen molar-refractivity contribution in [2.45, 2.75) is 20.0 Å². The number of carbonyl (C=O) groups excluding carboxylic acids is 3. The molecule has 34 heavy (non-hydrogen) atoms. The first kappa shape index (κ1) is 24.0. The number of non-ortho nitro benzene ring substituents is 1. The predicted molar refractivity (Wildman–Crippen MR) is 121 cm³/mol. The van der Waals surface area contributed by atoms with Gasteiger partial charge in [0.25, 0.3) is 17.5 Å². The molecular formula is C23H21N3O8. The molecule has 2 N–H and O–H groups in total. The largest absolute Gasteiger partial charge is 0.495 e. The second-order valence-electron chi connectivity index (χ2n) is 7.14. The molecule has 0 aliphatic rings. The van der Waals surface area contributed by atoms with Crippen LogP contribution in [0, 0.1) is 17.0 Å². The highest BCUT2D eigenvalue weighted by Crippen LogP contribution is 2.29. The average Bonchev–Trinajstić information content (AvgIpc) is 3.35. The van der Waals surface area contributed by atoms with Crippen LogP contribution in [0.2, 0.25) is 0 Å². The molecule has 0 aliphatic heterocycles. The number of aryl methyl sites for hydroxylation is 1. The lowest BCUT2D eigenvalue weighted by Crippen LogP contribution is -2.30. The van der Waals surface area contributed by atoms with E-state index < -0.39 is 28.8 Å². The minimum atomic E-state index is -1.24. The number of furan rings is 1. The van der Waals surface area contributed by atoms with Gasteiger partial charge in [-0.25, -0.2) is 4.79 Å². The van der Waals surface area contributed by atoms with Gasteiger partial charge in [0, 0.05) is 17.8 Å². The standard InChI is InChI=1S/C23H21N3O8/c1-13-6-7-15(11-17(13)24-22(28)20-5-4-10-33-20)23(29)34-14(2)21(27)25-18-12-16(26(30)31)8-9-19(18)32-3/h4-12,14H,1-3H3,(H,24,28)(H,25,27)/t14-/m1/s1. The Morgan fingerprint density at radius 3 is 2.47 bits per heavy atom. The highest BCUT2D eigenvalue weighted by molar-refractivity contribution is 6.04. The van der Waals surface area contributed by atoms with Crippen molar-refractivity contribution < 1.29 is 33.2 Å². The zero-order valence-corrected chi connectivity index (χ0v) is 18.5. The molecule has 0 aliphatic carbocycles. The van der Waals surface area contributed by atoms with Crippen molar-refractivity contribution in [3.05, 3.63) is 81.8 Å². The molecule has 0 unspecified atom stereocenters. The van der Waals surface area contributed by atoms with Gasteiger partial charge < -0.3 is 24.5 Å². The SMILES string of the molecule is COc1ccc([N+](=O)[O-])cc1NC(=O)[C@@H](C)OC(=O)c1ccc(C)c(NC(=O)c2ccco2)c1. The molecule has 1 aromatic heterocycles. The summed E-state index contributed by atoms with van der Waals surface area (Å²) in [6.45, 7) is 3.10. The van der Waals surface area contributed by atoms with Crippen molar-refractivity contribution in [2.24, 2.45) is 0 Å². The number of nitro benzene ring substituents is 1. The molecule has 11 nitrogen and oxygen atoms in total. The van der Waals surface area contributed by atoms with E-state index in [0.717, 1.165) is 6.07 Å². The van der Waals surface area contributed by atoms with Crippen molar-refractivity contribution in [2.75, 3.05) is 17.7 Å². The number of amides is 2. The van der Waals surface area contributed by atoms with Crippen LogP contribution in [0.25, 0.3) is 0 Å². The Labute approximate surface area is 193 Å². The zero-order valence-electron chi connectivity index (χ0n) is 18.5. The highest BCUT2D eigenvalue weighted by atomic mass is 16.6. The number of methoxy groups -OCH3 is 1. The number of nitrogens with zero attached hydrogens (tertiary/aromatic N) is 1. The Balaban J connectivity index is 1.69. The first-order valence-electron chi connectivity index (χ1n) is 9.99. The molecule has 0 saturated heterocycles. The van der Waals surface area contributed by atoms with Gasteiger partial charge in [0.05, 0.1) is 29.5 Å². The van der Waals surface area contributed by atoms with Gasteiger partial charge in [-0.05, 0) is 49.7 Å². The second-order valence-corrected chi connectivity index (χ2v) is 7.14. The van der Waals surface area contributed by atoms with E-state index in [9.17, 15) is 24.5 Å². The number of benzene rings is 2. The normalized spacial score (nSPS) is 11.3. The molecule has 11 heteroatoms. The minimum absolute atomic E-state index is 0.0582. The molecule has 176 valence electrons. The lowest BCUT2D eigenvalue weighted by molar-refractivity contribution is -0.384. The molecular weight excluding hydrogens is 446 g/mol. The molecule has 0 fully saturated rings. The van der Waals surface area contributed by atoms with Gasteiger partial charge in [0.15, 0.2) is 11.9 Å². The molecule has 3 aromatic rings. The van der Waals surface area contributed by atoms with Crippen LogP contribution in [0.3, 0.4) is 0 Å². The molecule has 0 saturated carbocycles. The maximum Gasteiger partial charge on any atom is 0.338 e. The van der Waals surface area contributed by atoms with Crippen LogP contribution in [-0.2, 0) is 9.53 Å². The van der Waals surface area contributed by atoms with Gasteiger partial charge in [0.2, 0.25) is 0 Å². The van der Waals surface area contributed by atoms with Crippen LogP contribution in [0.4, 0.5) is 17.1 Å². The quantitative estimate of drug-likeness (QED) is 0.287. The Kier molecular flexibility index (Phi) is 7.26. The fourth-order valence-corrected chi connectivity index (χ4v) is 2.90. The predicted octanol–water partition coefficient (Wildman–Crippen LogP) is 3.94. The lowest BCUT2D eigenvalue weighted by Gasteiger charge is -2.16. The number of nitrogens with one attached hydrogen (secondary N) is 2. The summed E-state index contributed by atoms with van der Waals surface area (Å²) in [5, 5.41) is 16.1. The van der Waals surface area contributed by atoms with E-state index in [1.807, 2.05) is 0 Å². The number of hydrogen-bond acceptors (Lipinski definition) is 8. The molecule has 0 radical (unpaired) electrons. The number of anilines is 2. The third-order valence-corrected chi connectivity index (χ3v) is 4.77. The number of rotatable bonds is 8. The fourth-order valence-electron chi connectivity index (χ4n) is 2.90. The van der Waals surface area contributed by atoms with Crippen molar-refractivity contribution in [3.63, 3.8) is 0 Å². The van der Waals surface area contributed by atoms with Gasteiger partial charge in [-0.3, -0.25) is 19.7 Å². The smallest absolute Gasteiger partial charge is 0.338 e. The average molecular weight is 467 g/mol. The van der Waals surface area contributed by atoms with Crippen LogP contribution in [0.15, 0.2) is 59.2 Å².